The zero-order valence-corrected chi connectivity index (χ0v) is 10.9. The lowest BCUT2D eigenvalue weighted by molar-refractivity contribution is 0.588. The Morgan fingerprint density at radius 2 is 2.12 bits per heavy atom. The van der Waals surface area contributed by atoms with E-state index in [1.807, 2.05) is 10.8 Å². The van der Waals surface area contributed by atoms with Crippen LogP contribution in [0.4, 0.5) is 0 Å². The smallest absolute Gasteiger partial charge is 0.0629 e. The number of hydrogen-bond acceptors (Lipinski definition) is 2. The summed E-state index contributed by atoms with van der Waals surface area (Å²) >= 11 is 0. The van der Waals surface area contributed by atoms with Crippen molar-refractivity contribution in [3.63, 3.8) is 0 Å². The van der Waals surface area contributed by atoms with Crippen LogP contribution < -0.4 is 5.32 Å². The van der Waals surface area contributed by atoms with Gasteiger partial charge in [0.15, 0.2) is 0 Å². The van der Waals surface area contributed by atoms with Crippen molar-refractivity contribution in [3.8, 4) is 0 Å². The van der Waals surface area contributed by atoms with Crippen LogP contribution in [0.1, 0.15) is 30.8 Å². The van der Waals surface area contributed by atoms with Crippen molar-refractivity contribution in [1.29, 1.82) is 0 Å². The maximum atomic E-state index is 4.52. The molecule has 90 valence electrons. The van der Waals surface area contributed by atoms with Gasteiger partial charge in [0.25, 0.3) is 0 Å². The first-order valence-electron chi connectivity index (χ1n) is 5.93. The second-order valence-corrected chi connectivity index (χ2v) is 4.48. The minimum Gasteiger partial charge on any atom is -0.314 e. The Balaban J connectivity index is 2.68. The third kappa shape index (κ3) is 3.20. The molecule has 0 bridgehead atoms. The number of aryl methyl sites for hydroxylation is 1. The molecule has 0 saturated carbocycles. The molecule has 1 aromatic rings. The first-order valence-corrected chi connectivity index (χ1v) is 5.93. The van der Waals surface area contributed by atoms with Crippen LogP contribution in [0.25, 0.3) is 0 Å². The van der Waals surface area contributed by atoms with Gasteiger partial charge >= 0.3 is 0 Å². The SMILES string of the molecule is C=CCn1nc(C)c(CCNC(C)C)c1C. The number of hydrogen-bond donors (Lipinski definition) is 1. The maximum absolute atomic E-state index is 4.52. The van der Waals surface area contributed by atoms with Crippen molar-refractivity contribution in [1.82, 2.24) is 15.1 Å². The fourth-order valence-corrected chi connectivity index (χ4v) is 1.88. The van der Waals surface area contributed by atoms with E-state index in [1.165, 1.54) is 11.3 Å². The Labute approximate surface area is 98.5 Å². The predicted molar refractivity (Wildman–Crippen MR) is 68.7 cm³/mol. The number of rotatable bonds is 6. The van der Waals surface area contributed by atoms with Gasteiger partial charge in [0, 0.05) is 11.7 Å². The van der Waals surface area contributed by atoms with Gasteiger partial charge in [0.05, 0.1) is 12.2 Å². The molecule has 1 heterocycles. The molecule has 3 nitrogen and oxygen atoms in total. The first kappa shape index (κ1) is 13.0. The average molecular weight is 221 g/mol. The fourth-order valence-electron chi connectivity index (χ4n) is 1.88. The van der Waals surface area contributed by atoms with E-state index >= 15 is 0 Å². The van der Waals surface area contributed by atoms with Crippen LogP contribution >= 0.6 is 0 Å². The van der Waals surface area contributed by atoms with Gasteiger partial charge in [-0.2, -0.15) is 5.10 Å². The quantitative estimate of drug-likeness (QED) is 0.747. The molecule has 3 heteroatoms. The maximum Gasteiger partial charge on any atom is 0.0629 e. The standard InChI is InChI=1S/C13H23N3/c1-6-9-16-12(5)13(11(4)15-16)7-8-14-10(2)3/h6,10,14H,1,7-9H2,2-5H3. The van der Waals surface area contributed by atoms with Crippen LogP contribution in [0.15, 0.2) is 12.7 Å². The molecule has 1 N–H and O–H groups in total. The van der Waals surface area contributed by atoms with Gasteiger partial charge in [-0.3, -0.25) is 4.68 Å². The van der Waals surface area contributed by atoms with Gasteiger partial charge in [-0.05, 0) is 32.4 Å². The molecule has 0 radical (unpaired) electrons. The molecule has 0 aliphatic rings. The lowest BCUT2D eigenvalue weighted by Gasteiger charge is -2.08. The van der Waals surface area contributed by atoms with Crippen molar-refractivity contribution in [2.75, 3.05) is 6.54 Å². The lowest BCUT2D eigenvalue weighted by Crippen LogP contribution is -2.25. The summed E-state index contributed by atoms with van der Waals surface area (Å²) in [5.41, 5.74) is 3.78. The molecule has 0 saturated heterocycles. The Morgan fingerprint density at radius 3 is 2.69 bits per heavy atom. The molecule has 1 rings (SSSR count). The highest BCUT2D eigenvalue weighted by Gasteiger charge is 2.10. The number of nitrogens with one attached hydrogen (secondary N) is 1. The average Bonchev–Trinajstić information content (AvgIpc) is 2.45. The largest absolute Gasteiger partial charge is 0.314 e. The molecular formula is C13H23N3. The van der Waals surface area contributed by atoms with Gasteiger partial charge in [-0.1, -0.05) is 19.9 Å². The Bertz CT molecular complexity index is 350. The lowest BCUT2D eigenvalue weighted by atomic mass is 10.1. The molecular weight excluding hydrogens is 198 g/mol. The zero-order chi connectivity index (χ0) is 12.1. The summed E-state index contributed by atoms with van der Waals surface area (Å²) in [5, 5.41) is 7.95. The van der Waals surface area contributed by atoms with Gasteiger partial charge < -0.3 is 5.32 Å². The molecule has 0 spiro atoms. The molecule has 0 aliphatic carbocycles. The highest BCUT2D eigenvalue weighted by molar-refractivity contribution is 5.25. The van der Waals surface area contributed by atoms with E-state index in [2.05, 4.69) is 44.7 Å². The minimum atomic E-state index is 0.545. The van der Waals surface area contributed by atoms with Gasteiger partial charge in [0.1, 0.15) is 0 Å². The molecule has 0 unspecified atom stereocenters. The van der Waals surface area contributed by atoms with Crippen molar-refractivity contribution >= 4 is 0 Å². The highest BCUT2D eigenvalue weighted by Crippen LogP contribution is 2.13. The van der Waals surface area contributed by atoms with Crippen LogP contribution in [0.3, 0.4) is 0 Å². The number of aromatic nitrogens is 2. The second-order valence-electron chi connectivity index (χ2n) is 4.48. The van der Waals surface area contributed by atoms with Crippen LogP contribution in [0.2, 0.25) is 0 Å². The molecule has 16 heavy (non-hydrogen) atoms. The van der Waals surface area contributed by atoms with E-state index < -0.39 is 0 Å². The van der Waals surface area contributed by atoms with Crippen LogP contribution in [-0.2, 0) is 13.0 Å². The summed E-state index contributed by atoms with van der Waals surface area (Å²) in [6.07, 6.45) is 2.93. The molecule has 0 aliphatic heterocycles. The Kier molecular flexibility index (Phi) is 4.74. The summed E-state index contributed by atoms with van der Waals surface area (Å²) in [6, 6.07) is 0.545. The Hall–Kier alpha value is -1.09. The molecule has 1 aromatic heterocycles. The summed E-state index contributed by atoms with van der Waals surface area (Å²) in [6.45, 7) is 14.1. The zero-order valence-electron chi connectivity index (χ0n) is 10.9. The topological polar surface area (TPSA) is 29.9 Å². The number of nitrogens with zero attached hydrogens (tertiary/aromatic N) is 2. The van der Waals surface area contributed by atoms with Crippen LogP contribution in [0.5, 0.6) is 0 Å². The van der Waals surface area contributed by atoms with E-state index in [-0.39, 0.29) is 0 Å². The van der Waals surface area contributed by atoms with Crippen molar-refractivity contribution in [3.05, 3.63) is 29.6 Å². The fraction of sp³-hybridized carbons (Fsp3) is 0.615. The summed E-state index contributed by atoms with van der Waals surface area (Å²) < 4.78 is 2.02. The predicted octanol–water partition coefficient (Wildman–Crippen LogP) is 2.23. The first-order chi connectivity index (χ1) is 7.56. The van der Waals surface area contributed by atoms with Crippen molar-refractivity contribution in [2.45, 2.75) is 46.7 Å². The Morgan fingerprint density at radius 1 is 1.44 bits per heavy atom. The molecule has 0 fully saturated rings. The van der Waals surface area contributed by atoms with Gasteiger partial charge in [-0.15, -0.1) is 6.58 Å². The highest BCUT2D eigenvalue weighted by atomic mass is 15.3. The molecule has 0 amide bonds. The van der Waals surface area contributed by atoms with E-state index in [0.717, 1.165) is 25.2 Å². The third-order valence-corrected chi connectivity index (χ3v) is 2.76. The van der Waals surface area contributed by atoms with E-state index in [9.17, 15) is 0 Å². The van der Waals surface area contributed by atoms with Crippen LogP contribution in [-0.4, -0.2) is 22.4 Å². The number of allylic oxidation sites excluding steroid dienone is 1. The van der Waals surface area contributed by atoms with Gasteiger partial charge in [-0.25, -0.2) is 0 Å². The van der Waals surface area contributed by atoms with Crippen LogP contribution in [0, 0.1) is 13.8 Å². The van der Waals surface area contributed by atoms with Crippen molar-refractivity contribution in [2.24, 2.45) is 0 Å². The monoisotopic (exact) mass is 221 g/mol. The third-order valence-electron chi connectivity index (χ3n) is 2.76. The summed E-state index contributed by atoms with van der Waals surface area (Å²) in [5.74, 6) is 0. The normalized spacial score (nSPS) is 11.1. The molecule has 0 aromatic carbocycles. The van der Waals surface area contributed by atoms with E-state index in [4.69, 9.17) is 0 Å². The summed E-state index contributed by atoms with van der Waals surface area (Å²) in [4.78, 5) is 0. The second kappa shape index (κ2) is 5.85. The van der Waals surface area contributed by atoms with Crippen molar-refractivity contribution < 1.29 is 0 Å². The molecule has 0 atom stereocenters. The van der Waals surface area contributed by atoms with E-state index in [0.29, 0.717) is 6.04 Å². The van der Waals surface area contributed by atoms with E-state index in [1.54, 1.807) is 0 Å². The van der Waals surface area contributed by atoms with Gasteiger partial charge in [0.2, 0.25) is 0 Å². The summed E-state index contributed by atoms with van der Waals surface area (Å²) in [7, 11) is 0. The minimum absolute atomic E-state index is 0.545.